The molecule has 0 fully saturated rings. The van der Waals surface area contributed by atoms with Crippen LogP contribution in [-0.4, -0.2) is 37.5 Å². The summed E-state index contributed by atoms with van der Waals surface area (Å²) in [4.78, 5) is 16.7. The number of para-hydroxylation sites is 1. The van der Waals surface area contributed by atoms with Crippen molar-refractivity contribution in [3.05, 3.63) is 24.3 Å². The molecule has 1 amide bonds. The molecule has 2 heterocycles. The van der Waals surface area contributed by atoms with E-state index >= 15 is 0 Å². The Morgan fingerprint density at radius 3 is 2.72 bits per heavy atom. The summed E-state index contributed by atoms with van der Waals surface area (Å²) in [5, 5.41) is 13.1. The van der Waals surface area contributed by atoms with Gasteiger partial charge >= 0.3 is 0 Å². The van der Waals surface area contributed by atoms with E-state index in [1.807, 2.05) is 25.1 Å². The van der Waals surface area contributed by atoms with Crippen molar-refractivity contribution >= 4 is 39.7 Å². The zero-order valence-corrected chi connectivity index (χ0v) is 15.8. The smallest absolute Gasteiger partial charge is 0.230 e. The van der Waals surface area contributed by atoms with Gasteiger partial charge < -0.3 is 9.88 Å². The van der Waals surface area contributed by atoms with E-state index in [0.29, 0.717) is 11.1 Å². The van der Waals surface area contributed by atoms with Gasteiger partial charge in [0.25, 0.3) is 0 Å². The maximum atomic E-state index is 12.0. The third-order valence-corrected chi connectivity index (χ3v) is 5.23. The number of fused-ring (bicyclic) bond motifs is 3. The molecular formula is C18H23N5OS. The molecule has 2 aromatic heterocycles. The van der Waals surface area contributed by atoms with Crippen molar-refractivity contribution in [1.82, 2.24) is 25.1 Å². The van der Waals surface area contributed by atoms with Crippen LogP contribution in [0.3, 0.4) is 0 Å². The van der Waals surface area contributed by atoms with Crippen LogP contribution in [0.15, 0.2) is 29.4 Å². The molecule has 0 spiro atoms. The number of carbonyl (C=O) groups is 1. The van der Waals surface area contributed by atoms with Crippen LogP contribution in [0, 0.1) is 5.92 Å². The summed E-state index contributed by atoms with van der Waals surface area (Å²) < 4.78 is 2.13. The fraction of sp³-hybridized carbons (Fsp3) is 0.444. The number of hydrogen-bond donors (Lipinski definition) is 1. The van der Waals surface area contributed by atoms with E-state index in [4.69, 9.17) is 0 Å². The van der Waals surface area contributed by atoms with E-state index in [-0.39, 0.29) is 17.7 Å². The fourth-order valence-electron chi connectivity index (χ4n) is 2.66. The van der Waals surface area contributed by atoms with E-state index in [2.05, 4.69) is 51.9 Å². The van der Waals surface area contributed by atoms with Crippen molar-refractivity contribution in [2.45, 2.75) is 45.4 Å². The highest BCUT2D eigenvalue weighted by Crippen LogP contribution is 2.26. The van der Waals surface area contributed by atoms with Crippen LogP contribution in [0.5, 0.6) is 0 Å². The normalized spacial score (nSPS) is 12.8. The van der Waals surface area contributed by atoms with Gasteiger partial charge in [0.1, 0.15) is 5.52 Å². The van der Waals surface area contributed by atoms with Crippen molar-refractivity contribution in [1.29, 1.82) is 0 Å². The molecule has 0 radical (unpaired) electrons. The van der Waals surface area contributed by atoms with E-state index < -0.39 is 0 Å². The highest BCUT2D eigenvalue weighted by Gasteiger charge is 2.15. The molecule has 0 saturated heterocycles. The quantitative estimate of drug-likeness (QED) is 0.686. The maximum Gasteiger partial charge on any atom is 0.230 e. The van der Waals surface area contributed by atoms with Crippen LogP contribution in [0.25, 0.3) is 22.1 Å². The Balaban J connectivity index is 1.82. The van der Waals surface area contributed by atoms with E-state index in [9.17, 15) is 4.79 Å². The average molecular weight is 357 g/mol. The molecule has 6 nitrogen and oxygen atoms in total. The summed E-state index contributed by atoms with van der Waals surface area (Å²) >= 11 is 1.32. The molecule has 0 bridgehead atoms. The fourth-order valence-corrected chi connectivity index (χ4v) is 3.26. The molecule has 3 aromatic rings. The molecular weight excluding hydrogens is 334 g/mol. The second kappa shape index (κ2) is 7.39. The highest BCUT2D eigenvalue weighted by atomic mass is 32.2. The second-order valence-corrected chi connectivity index (χ2v) is 7.36. The van der Waals surface area contributed by atoms with Gasteiger partial charge in [0.15, 0.2) is 5.65 Å². The summed E-state index contributed by atoms with van der Waals surface area (Å²) in [5.74, 6) is 0.686. The lowest BCUT2D eigenvalue weighted by molar-refractivity contribution is -0.119. The lowest BCUT2D eigenvalue weighted by Gasteiger charge is -2.16. The summed E-state index contributed by atoms with van der Waals surface area (Å²) in [7, 11) is 0. The maximum absolute atomic E-state index is 12.0. The van der Waals surface area contributed by atoms with Crippen LogP contribution in [0.4, 0.5) is 0 Å². The van der Waals surface area contributed by atoms with Gasteiger partial charge in [-0.25, -0.2) is 4.98 Å². The predicted molar refractivity (Wildman–Crippen MR) is 102 cm³/mol. The monoisotopic (exact) mass is 357 g/mol. The minimum atomic E-state index is -0.00840. The largest absolute Gasteiger partial charge is 0.353 e. The van der Waals surface area contributed by atoms with Gasteiger partial charge in [0.05, 0.1) is 11.3 Å². The molecule has 0 aliphatic heterocycles. The molecule has 1 N–H and O–H groups in total. The second-order valence-electron chi connectivity index (χ2n) is 6.42. The van der Waals surface area contributed by atoms with E-state index in [0.717, 1.165) is 28.6 Å². The Bertz CT molecular complexity index is 905. The van der Waals surface area contributed by atoms with Crippen LogP contribution in [0.2, 0.25) is 0 Å². The number of nitrogens with one attached hydrogen (secondary N) is 1. The number of thioether (sulfide) groups is 1. The molecule has 7 heteroatoms. The van der Waals surface area contributed by atoms with Gasteiger partial charge in [-0.05, 0) is 25.8 Å². The number of amides is 1. The third kappa shape index (κ3) is 3.61. The molecule has 0 unspecified atom stereocenters. The number of hydrogen-bond acceptors (Lipinski definition) is 5. The molecule has 25 heavy (non-hydrogen) atoms. The zero-order valence-electron chi connectivity index (χ0n) is 15.0. The Labute approximate surface area is 151 Å². The molecule has 132 valence electrons. The Morgan fingerprint density at radius 1 is 1.24 bits per heavy atom. The van der Waals surface area contributed by atoms with Crippen LogP contribution in [0.1, 0.15) is 27.7 Å². The van der Waals surface area contributed by atoms with Crippen LogP contribution < -0.4 is 5.32 Å². The van der Waals surface area contributed by atoms with Crippen molar-refractivity contribution < 1.29 is 4.79 Å². The SMILES string of the molecule is CCn1c2ccccc2c2nnc(SCC(=O)N[C@@H](C)C(C)C)nc21. The number of aryl methyl sites for hydroxylation is 1. The molecule has 1 atom stereocenters. The number of nitrogens with zero attached hydrogens (tertiary/aromatic N) is 4. The minimum absolute atomic E-state index is 0.00840. The Hall–Kier alpha value is -2.15. The minimum Gasteiger partial charge on any atom is -0.353 e. The average Bonchev–Trinajstić information content (AvgIpc) is 2.92. The van der Waals surface area contributed by atoms with Gasteiger partial charge in [-0.3, -0.25) is 4.79 Å². The predicted octanol–water partition coefficient (Wildman–Crippen LogP) is 3.25. The Morgan fingerprint density at radius 2 is 2.00 bits per heavy atom. The third-order valence-electron chi connectivity index (χ3n) is 4.39. The highest BCUT2D eigenvalue weighted by molar-refractivity contribution is 7.99. The van der Waals surface area contributed by atoms with E-state index in [1.165, 1.54) is 11.8 Å². The first-order valence-corrected chi connectivity index (χ1v) is 9.53. The van der Waals surface area contributed by atoms with Gasteiger partial charge in [-0.15, -0.1) is 10.2 Å². The van der Waals surface area contributed by atoms with Crippen molar-refractivity contribution in [2.75, 3.05) is 5.75 Å². The van der Waals surface area contributed by atoms with Crippen LogP contribution in [-0.2, 0) is 11.3 Å². The van der Waals surface area contributed by atoms with Crippen molar-refractivity contribution in [2.24, 2.45) is 5.92 Å². The standard InChI is InChI=1S/C18H23N5OS/c1-5-23-14-9-7-6-8-13(14)16-17(23)20-18(22-21-16)25-10-15(24)19-12(4)11(2)3/h6-9,11-12H,5,10H2,1-4H3,(H,19,24)/t12-/m0/s1. The lowest BCUT2D eigenvalue weighted by atomic mass is 10.1. The number of aromatic nitrogens is 4. The molecule has 3 rings (SSSR count). The summed E-state index contributed by atoms with van der Waals surface area (Å²) in [6.07, 6.45) is 0. The number of carbonyl (C=O) groups excluding carboxylic acids is 1. The first-order valence-electron chi connectivity index (χ1n) is 8.55. The van der Waals surface area contributed by atoms with Crippen LogP contribution >= 0.6 is 11.8 Å². The first kappa shape index (κ1) is 17.7. The van der Waals surface area contributed by atoms with Gasteiger partial charge in [-0.1, -0.05) is 43.8 Å². The van der Waals surface area contributed by atoms with Gasteiger partial charge in [-0.2, -0.15) is 0 Å². The zero-order chi connectivity index (χ0) is 18.0. The number of benzene rings is 1. The molecule has 0 saturated carbocycles. The van der Waals surface area contributed by atoms with E-state index in [1.54, 1.807) is 0 Å². The van der Waals surface area contributed by atoms with Crippen molar-refractivity contribution in [3.63, 3.8) is 0 Å². The Kier molecular flexibility index (Phi) is 5.22. The lowest BCUT2D eigenvalue weighted by Crippen LogP contribution is -2.37. The summed E-state index contributed by atoms with van der Waals surface area (Å²) in [6.45, 7) is 9.07. The summed E-state index contributed by atoms with van der Waals surface area (Å²) in [6, 6.07) is 8.25. The summed E-state index contributed by atoms with van der Waals surface area (Å²) in [5.41, 5.74) is 2.73. The molecule has 1 aromatic carbocycles. The topological polar surface area (TPSA) is 72.7 Å². The molecule has 0 aliphatic rings. The van der Waals surface area contributed by atoms with Crippen molar-refractivity contribution in [3.8, 4) is 0 Å². The first-order chi connectivity index (χ1) is 12.0. The number of rotatable bonds is 6. The molecule has 0 aliphatic carbocycles. The van der Waals surface area contributed by atoms with Gasteiger partial charge in [0, 0.05) is 18.0 Å². The van der Waals surface area contributed by atoms with Gasteiger partial charge in [0.2, 0.25) is 11.1 Å².